The number of carbonyl (C=O) groups excluding carboxylic acids is 1. The van der Waals surface area contributed by atoms with Crippen LogP contribution in [0.25, 0.3) is 11.0 Å². The van der Waals surface area contributed by atoms with Crippen molar-refractivity contribution in [1.29, 1.82) is 5.41 Å². The van der Waals surface area contributed by atoms with E-state index in [0.717, 1.165) is 0 Å². The number of nitrogens with zero attached hydrogens (tertiary/aromatic N) is 2. The van der Waals surface area contributed by atoms with Gasteiger partial charge < -0.3 is 15.5 Å². The third-order valence-corrected chi connectivity index (χ3v) is 4.44. The lowest BCUT2D eigenvalue weighted by atomic mass is 10.2. The van der Waals surface area contributed by atoms with E-state index in [1.165, 1.54) is 0 Å². The maximum Gasteiger partial charge on any atom is 0.313 e. The van der Waals surface area contributed by atoms with Crippen molar-refractivity contribution in [2.75, 3.05) is 0 Å². The molecule has 8 heteroatoms. The van der Waals surface area contributed by atoms with Crippen LogP contribution in [0.2, 0.25) is 0 Å². The molecule has 30 heavy (non-hydrogen) atoms. The average molecular weight is 401 g/mol. The molecule has 0 fully saturated rings. The zero-order valence-corrected chi connectivity index (χ0v) is 15.9. The van der Waals surface area contributed by atoms with Crippen molar-refractivity contribution in [2.24, 2.45) is 5.73 Å². The Morgan fingerprint density at radius 3 is 2.60 bits per heavy atom. The van der Waals surface area contributed by atoms with E-state index in [2.05, 4.69) is 9.97 Å². The van der Waals surface area contributed by atoms with Crippen molar-refractivity contribution in [3.05, 3.63) is 89.7 Å². The summed E-state index contributed by atoms with van der Waals surface area (Å²) in [7, 11) is 0. The number of hydrogen-bond donors (Lipinski definition) is 4. The number of H-pyrrole nitrogens is 1. The molecule has 4 rings (SSSR count). The summed E-state index contributed by atoms with van der Waals surface area (Å²) < 4.78 is 5.78. The molecule has 5 N–H and O–H groups in total. The van der Waals surface area contributed by atoms with Gasteiger partial charge in [0.05, 0.1) is 17.6 Å². The number of rotatable bonds is 6. The van der Waals surface area contributed by atoms with Crippen LogP contribution in [-0.4, -0.2) is 32.0 Å². The van der Waals surface area contributed by atoms with Crippen molar-refractivity contribution in [3.63, 3.8) is 0 Å². The molecule has 0 bridgehead atoms. The number of hydroxylamine groups is 2. The minimum absolute atomic E-state index is 0.00936. The summed E-state index contributed by atoms with van der Waals surface area (Å²) in [6.07, 6.45) is 0. The average Bonchev–Trinajstić information content (AvgIpc) is 3.17. The van der Waals surface area contributed by atoms with Gasteiger partial charge >= 0.3 is 5.91 Å². The SMILES string of the molecule is N=C(N)c1ccc2nc(C(=O)N(O)Cc3cccc(Oc4ccccc4)c3)[nH]c2c1. The van der Waals surface area contributed by atoms with Crippen molar-refractivity contribution in [1.82, 2.24) is 15.0 Å². The monoisotopic (exact) mass is 401 g/mol. The first-order valence-corrected chi connectivity index (χ1v) is 9.16. The van der Waals surface area contributed by atoms with Crippen molar-refractivity contribution in [3.8, 4) is 11.5 Å². The molecule has 0 unspecified atom stereocenters. The maximum absolute atomic E-state index is 12.6. The van der Waals surface area contributed by atoms with E-state index >= 15 is 0 Å². The normalized spacial score (nSPS) is 10.7. The number of carbonyl (C=O) groups is 1. The van der Waals surface area contributed by atoms with Crippen LogP contribution in [-0.2, 0) is 6.54 Å². The maximum atomic E-state index is 12.6. The molecule has 8 nitrogen and oxygen atoms in total. The zero-order valence-electron chi connectivity index (χ0n) is 15.9. The molecule has 1 heterocycles. The van der Waals surface area contributed by atoms with Crippen LogP contribution in [0.5, 0.6) is 11.5 Å². The third-order valence-electron chi connectivity index (χ3n) is 4.44. The number of para-hydroxylation sites is 1. The number of imidazole rings is 1. The Morgan fingerprint density at radius 1 is 1.07 bits per heavy atom. The molecule has 3 aromatic carbocycles. The lowest BCUT2D eigenvalue weighted by Gasteiger charge is -2.14. The highest BCUT2D eigenvalue weighted by Gasteiger charge is 2.19. The van der Waals surface area contributed by atoms with E-state index < -0.39 is 5.91 Å². The minimum Gasteiger partial charge on any atom is -0.457 e. The van der Waals surface area contributed by atoms with Gasteiger partial charge in [-0.05, 0) is 48.0 Å². The third kappa shape index (κ3) is 4.13. The number of aromatic amines is 1. The van der Waals surface area contributed by atoms with Gasteiger partial charge in [-0.3, -0.25) is 15.4 Å². The number of benzene rings is 3. The van der Waals surface area contributed by atoms with Gasteiger partial charge in [0.1, 0.15) is 17.3 Å². The van der Waals surface area contributed by atoms with E-state index in [1.54, 1.807) is 42.5 Å². The van der Waals surface area contributed by atoms with Crippen LogP contribution in [0.4, 0.5) is 0 Å². The number of amides is 1. The molecule has 0 aliphatic rings. The summed E-state index contributed by atoms with van der Waals surface area (Å²) in [5, 5.41) is 18.4. The fraction of sp³-hybridized carbons (Fsp3) is 0.0455. The molecule has 0 spiro atoms. The number of nitrogens with one attached hydrogen (secondary N) is 2. The molecule has 0 atom stereocenters. The molecule has 0 aliphatic carbocycles. The summed E-state index contributed by atoms with van der Waals surface area (Å²) in [5.41, 5.74) is 7.78. The first-order valence-electron chi connectivity index (χ1n) is 9.16. The van der Waals surface area contributed by atoms with Crippen LogP contribution in [0.15, 0.2) is 72.8 Å². The van der Waals surface area contributed by atoms with Gasteiger partial charge in [0.2, 0.25) is 0 Å². The Hall–Kier alpha value is -4.17. The first-order chi connectivity index (χ1) is 14.5. The number of nitrogens with two attached hydrogens (primary N) is 1. The highest BCUT2D eigenvalue weighted by Crippen LogP contribution is 2.22. The van der Waals surface area contributed by atoms with E-state index in [-0.39, 0.29) is 18.2 Å². The minimum atomic E-state index is -0.676. The van der Waals surface area contributed by atoms with Gasteiger partial charge in [-0.1, -0.05) is 30.3 Å². The quantitative estimate of drug-likeness (QED) is 0.170. The summed E-state index contributed by atoms with van der Waals surface area (Å²) >= 11 is 0. The van der Waals surface area contributed by atoms with Gasteiger partial charge in [-0.25, -0.2) is 10.0 Å². The van der Waals surface area contributed by atoms with Crippen LogP contribution in [0.1, 0.15) is 21.7 Å². The number of nitrogen functional groups attached to an aromatic ring is 1. The van der Waals surface area contributed by atoms with E-state index in [9.17, 15) is 10.0 Å². The molecule has 4 aromatic rings. The summed E-state index contributed by atoms with van der Waals surface area (Å²) in [4.78, 5) is 19.7. The fourth-order valence-electron chi connectivity index (χ4n) is 2.98. The lowest BCUT2D eigenvalue weighted by Crippen LogP contribution is -2.27. The summed E-state index contributed by atoms with van der Waals surface area (Å²) in [5.74, 6) is 0.523. The Balaban J connectivity index is 1.49. The van der Waals surface area contributed by atoms with E-state index in [4.69, 9.17) is 15.9 Å². The Morgan fingerprint density at radius 2 is 1.83 bits per heavy atom. The van der Waals surface area contributed by atoms with Crippen LogP contribution in [0.3, 0.4) is 0 Å². The number of fused-ring (bicyclic) bond motifs is 1. The van der Waals surface area contributed by atoms with Crippen molar-refractivity contribution >= 4 is 22.8 Å². The molecule has 1 aromatic heterocycles. The number of amidine groups is 1. The Labute approximate surface area is 172 Å². The molecule has 0 saturated carbocycles. The van der Waals surface area contributed by atoms with Gasteiger partial charge in [-0.15, -0.1) is 0 Å². The topological polar surface area (TPSA) is 128 Å². The summed E-state index contributed by atoms with van der Waals surface area (Å²) in [6.45, 7) is -0.0411. The lowest BCUT2D eigenvalue weighted by molar-refractivity contribution is -0.0655. The van der Waals surface area contributed by atoms with Gasteiger partial charge in [-0.2, -0.15) is 0 Å². The molecular formula is C22H19N5O3. The smallest absolute Gasteiger partial charge is 0.313 e. The van der Waals surface area contributed by atoms with Crippen molar-refractivity contribution in [2.45, 2.75) is 6.54 Å². The second-order valence-corrected chi connectivity index (χ2v) is 6.66. The number of aromatic nitrogens is 2. The Kier molecular flexibility index (Phi) is 5.15. The zero-order chi connectivity index (χ0) is 21.1. The fourth-order valence-corrected chi connectivity index (χ4v) is 2.98. The number of hydrogen-bond acceptors (Lipinski definition) is 5. The van der Waals surface area contributed by atoms with Gasteiger partial charge in [0.15, 0.2) is 5.82 Å². The molecule has 1 amide bonds. The van der Waals surface area contributed by atoms with E-state index in [0.29, 0.717) is 38.7 Å². The first kappa shape index (κ1) is 19.2. The standard InChI is InChI=1S/C22H19N5O3/c23-20(24)15-9-10-18-19(12-15)26-21(25-18)22(28)27(29)13-14-5-4-8-17(11-14)30-16-6-2-1-3-7-16/h1-12,29H,13H2,(H3,23,24)(H,25,26). The summed E-state index contributed by atoms with van der Waals surface area (Å²) in [6, 6.07) is 21.4. The molecule has 0 radical (unpaired) electrons. The van der Waals surface area contributed by atoms with Gasteiger partial charge in [0.25, 0.3) is 0 Å². The number of ether oxygens (including phenoxy) is 1. The van der Waals surface area contributed by atoms with Crippen molar-refractivity contribution < 1.29 is 14.7 Å². The second kappa shape index (κ2) is 8.06. The van der Waals surface area contributed by atoms with Crippen LogP contribution in [0, 0.1) is 5.41 Å². The predicted molar refractivity (Wildman–Crippen MR) is 112 cm³/mol. The Bertz CT molecular complexity index is 1220. The molecule has 0 aliphatic heterocycles. The highest BCUT2D eigenvalue weighted by atomic mass is 16.5. The van der Waals surface area contributed by atoms with Crippen LogP contribution < -0.4 is 10.5 Å². The predicted octanol–water partition coefficient (Wildman–Crippen LogP) is 3.67. The second-order valence-electron chi connectivity index (χ2n) is 6.66. The highest BCUT2D eigenvalue weighted by molar-refractivity contribution is 5.99. The molecule has 150 valence electrons. The van der Waals surface area contributed by atoms with E-state index in [1.807, 2.05) is 30.3 Å². The largest absolute Gasteiger partial charge is 0.457 e. The molecular weight excluding hydrogens is 382 g/mol. The molecule has 0 saturated heterocycles. The van der Waals surface area contributed by atoms with Gasteiger partial charge in [0, 0.05) is 5.56 Å². The van der Waals surface area contributed by atoms with Crippen LogP contribution >= 0.6 is 0 Å².